The van der Waals surface area contributed by atoms with Gasteiger partial charge in [0.2, 0.25) is 0 Å². The van der Waals surface area contributed by atoms with Gasteiger partial charge in [0.15, 0.2) is 0 Å². The SMILES string of the molecule is COC(=O)CC(CC(=O)OC)CC1(C)SCCCS1. The van der Waals surface area contributed by atoms with Crippen LogP contribution < -0.4 is 0 Å². The van der Waals surface area contributed by atoms with Gasteiger partial charge in [0, 0.05) is 12.8 Å². The third-order valence-corrected chi connectivity index (χ3v) is 6.38. The number of carbonyl (C=O) groups excluding carboxylic acids is 2. The van der Waals surface area contributed by atoms with Gasteiger partial charge in [-0.2, -0.15) is 0 Å². The predicted octanol–water partition coefficient (Wildman–Crippen LogP) is 2.71. The van der Waals surface area contributed by atoms with Crippen LogP contribution in [0.2, 0.25) is 0 Å². The van der Waals surface area contributed by atoms with Crippen LogP contribution in [0.15, 0.2) is 0 Å². The zero-order chi connectivity index (χ0) is 14.3. The summed E-state index contributed by atoms with van der Waals surface area (Å²) in [7, 11) is 2.76. The highest BCUT2D eigenvalue weighted by molar-refractivity contribution is 8.18. The van der Waals surface area contributed by atoms with E-state index in [9.17, 15) is 9.59 Å². The molecule has 0 atom stereocenters. The minimum absolute atomic E-state index is 0.0111. The zero-order valence-electron chi connectivity index (χ0n) is 11.8. The molecular weight excluding hydrogens is 284 g/mol. The van der Waals surface area contributed by atoms with Gasteiger partial charge in [-0.25, -0.2) is 0 Å². The molecule has 0 N–H and O–H groups in total. The van der Waals surface area contributed by atoms with Gasteiger partial charge in [-0.1, -0.05) is 0 Å². The van der Waals surface area contributed by atoms with Crippen molar-refractivity contribution in [2.75, 3.05) is 25.7 Å². The molecule has 0 radical (unpaired) electrons. The lowest BCUT2D eigenvalue weighted by molar-refractivity contribution is -0.144. The van der Waals surface area contributed by atoms with Gasteiger partial charge in [-0.3, -0.25) is 9.59 Å². The molecule has 0 aliphatic carbocycles. The molecule has 1 heterocycles. The summed E-state index contributed by atoms with van der Waals surface area (Å²) in [5, 5.41) is 0. The van der Waals surface area contributed by atoms with Gasteiger partial charge < -0.3 is 9.47 Å². The Kier molecular flexibility index (Phi) is 7.07. The number of hydrogen-bond donors (Lipinski definition) is 0. The van der Waals surface area contributed by atoms with Crippen LogP contribution in [0.3, 0.4) is 0 Å². The first kappa shape index (κ1) is 16.7. The minimum Gasteiger partial charge on any atom is -0.469 e. The van der Waals surface area contributed by atoms with Crippen molar-refractivity contribution in [3.05, 3.63) is 0 Å². The molecule has 1 saturated heterocycles. The van der Waals surface area contributed by atoms with E-state index in [0.29, 0.717) is 0 Å². The number of methoxy groups -OCH3 is 2. The molecule has 0 aromatic carbocycles. The molecule has 4 nitrogen and oxygen atoms in total. The molecular formula is C13H22O4S2. The molecule has 0 aromatic rings. The quantitative estimate of drug-likeness (QED) is 0.703. The number of thioether (sulfide) groups is 2. The predicted molar refractivity (Wildman–Crippen MR) is 79.3 cm³/mol. The first-order valence-corrected chi connectivity index (χ1v) is 8.38. The van der Waals surface area contributed by atoms with Gasteiger partial charge in [0.25, 0.3) is 0 Å². The molecule has 1 aliphatic rings. The molecule has 0 bridgehead atoms. The van der Waals surface area contributed by atoms with Gasteiger partial charge >= 0.3 is 11.9 Å². The van der Waals surface area contributed by atoms with Crippen LogP contribution in [-0.4, -0.2) is 41.7 Å². The van der Waals surface area contributed by atoms with Gasteiger partial charge in [0.1, 0.15) is 0 Å². The smallest absolute Gasteiger partial charge is 0.305 e. The summed E-state index contributed by atoms with van der Waals surface area (Å²) in [6.45, 7) is 2.20. The van der Waals surface area contributed by atoms with Crippen LogP contribution in [0.4, 0.5) is 0 Å². The lowest BCUT2D eigenvalue weighted by Crippen LogP contribution is -2.27. The van der Waals surface area contributed by atoms with E-state index >= 15 is 0 Å². The summed E-state index contributed by atoms with van der Waals surface area (Å²) in [6.07, 6.45) is 2.61. The van der Waals surface area contributed by atoms with Crippen molar-refractivity contribution in [1.82, 2.24) is 0 Å². The van der Waals surface area contributed by atoms with Crippen molar-refractivity contribution >= 4 is 35.5 Å². The standard InChI is InChI=1S/C13H22O4S2/c1-13(18-5-4-6-19-13)9-10(7-11(14)16-2)8-12(15)17-3/h10H,4-9H2,1-3H3. The van der Waals surface area contributed by atoms with Crippen LogP contribution >= 0.6 is 23.5 Å². The van der Waals surface area contributed by atoms with Crippen LogP contribution in [-0.2, 0) is 19.1 Å². The van der Waals surface area contributed by atoms with Gasteiger partial charge in [0.05, 0.1) is 18.3 Å². The summed E-state index contributed by atoms with van der Waals surface area (Å²) in [6, 6.07) is 0. The highest BCUT2D eigenvalue weighted by atomic mass is 32.2. The van der Waals surface area contributed by atoms with Gasteiger partial charge in [-0.15, -0.1) is 23.5 Å². The first-order valence-electron chi connectivity index (χ1n) is 6.40. The maximum Gasteiger partial charge on any atom is 0.305 e. The maximum absolute atomic E-state index is 11.5. The second-order valence-electron chi connectivity index (χ2n) is 4.81. The van der Waals surface area contributed by atoms with Crippen molar-refractivity contribution in [1.29, 1.82) is 0 Å². The molecule has 1 aliphatic heterocycles. The van der Waals surface area contributed by atoms with E-state index in [0.717, 1.165) is 17.9 Å². The number of rotatable bonds is 6. The Labute approximate surface area is 123 Å². The Balaban J connectivity index is 2.60. The van der Waals surface area contributed by atoms with Crippen molar-refractivity contribution in [2.45, 2.75) is 36.7 Å². The fourth-order valence-electron chi connectivity index (χ4n) is 2.17. The molecule has 0 saturated carbocycles. The highest BCUT2D eigenvalue weighted by Gasteiger charge is 2.33. The minimum atomic E-state index is -0.261. The molecule has 0 spiro atoms. The van der Waals surface area contributed by atoms with Crippen molar-refractivity contribution in [3.8, 4) is 0 Å². The van der Waals surface area contributed by atoms with E-state index in [-0.39, 0.29) is 34.8 Å². The van der Waals surface area contributed by atoms with E-state index in [1.54, 1.807) is 0 Å². The number of carbonyl (C=O) groups is 2. The van der Waals surface area contributed by atoms with Gasteiger partial charge in [-0.05, 0) is 37.2 Å². The molecule has 0 unspecified atom stereocenters. The summed E-state index contributed by atoms with van der Waals surface area (Å²) in [5.41, 5.74) is 0. The van der Waals surface area contributed by atoms with E-state index in [4.69, 9.17) is 9.47 Å². The maximum atomic E-state index is 11.5. The average molecular weight is 306 g/mol. The van der Waals surface area contributed by atoms with Crippen LogP contribution in [0.5, 0.6) is 0 Å². The van der Waals surface area contributed by atoms with Crippen molar-refractivity contribution < 1.29 is 19.1 Å². The summed E-state index contributed by atoms with van der Waals surface area (Å²) in [5.74, 6) is 1.76. The van der Waals surface area contributed by atoms with Crippen LogP contribution in [0.1, 0.15) is 32.6 Å². The average Bonchev–Trinajstić information content (AvgIpc) is 2.38. The summed E-state index contributed by atoms with van der Waals surface area (Å²) >= 11 is 3.84. The Morgan fingerprint density at radius 1 is 1.11 bits per heavy atom. The second-order valence-corrected chi connectivity index (χ2v) is 8.27. The number of esters is 2. The third-order valence-electron chi connectivity index (χ3n) is 3.13. The third kappa shape index (κ3) is 6.08. The zero-order valence-corrected chi connectivity index (χ0v) is 13.4. The Morgan fingerprint density at radius 2 is 1.58 bits per heavy atom. The second kappa shape index (κ2) is 8.04. The molecule has 1 fully saturated rings. The molecule has 1 rings (SSSR count). The largest absolute Gasteiger partial charge is 0.469 e. The first-order chi connectivity index (χ1) is 8.99. The molecule has 19 heavy (non-hydrogen) atoms. The van der Waals surface area contributed by atoms with E-state index in [1.165, 1.54) is 20.6 Å². The lowest BCUT2D eigenvalue weighted by Gasteiger charge is -2.35. The Hall–Kier alpha value is -0.360. The van der Waals surface area contributed by atoms with E-state index in [1.807, 2.05) is 23.5 Å². The monoisotopic (exact) mass is 306 g/mol. The Bertz CT molecular complexity index is 296. The number of hydrogen-bond acceptors (Lipinski definition) is 6. The lowest BCUT2D eigenvalue weighted by atomic mass is 9.95. The fraction of sp³-hybridized carbons (Fsp3) is 0.846. The summed E-state index contributed by atoms with van der Waals surface area (Å²) in [4.78, 5) is 22.9. The van der Waals surface area contributed by atoms with Crippen molar-refractivity contribution in [3.63, 3.8) is 0 Å². The molecule has 0 aromatic heterocycles. The van der Waals surface area contributed by atoms with Crippen LogP contribution in [0, 0.1) is 5.92 Å². The Morgan fingerprint density at radius 3 is 2.00 bits per heavy atom. The fourth-order valence-corrected chi connectivity index (χ4v) is 5.34. The summed E-state index contributed by atoms with van der Waals surface area (Å²) < 4.78 is 9.51. The molecule has 0 amide bonds. The normalized spacial score (nSPS) is 18.1. The molecule has 6 heteroatoms. The van der Waals surface area contributed by atoms with Crippen molar-refractivity contribution in [2.24, 2.45) is 5.92 Å². The van der Waals surface area contributed by atoms with Crippen LogP contribution in [0.25, 0.3) is 0 Å². The van der Waals surface area contributed by atoms with E-state index in [2.05, 4.69) is 6.92 Å². The van der Waals surface area contributed by atoms with E-state index < -0.39 is 0 Å². The topological polar surface area (TPSA) is 52.6 Å². The number of ether oxygens (including phenoxy) is 2. The molecule has 110 valence electrons. The highest BCUT2D eigenvalue weighted by Crippen LogP contribution is 2.46.